The molecule has 1 aliphatic heterocycles. The fourth-order valence-electron chi connectivity index (χ4n) is 2.72. The number of aromatic nitrogens is 2. The first-order valence-electron chi connectivity index (χ1n) is 6.83. The molecule has 0 radical (unpaired) electrons. The minimum Gasteiger partial charge on any atom is -0.378 e. The Kier molecular flexibility index (Phi) is 3.90. The predicted octanol–water partition coefficient (Wildman–Crippen LogP) is 2.07. The molecule has 1 aliphatic rings. The second-order valence-electron chi connectivity index (χ2n) is 5.68. The van der Waals surface area contributed by atoms with E-state index in [2.05, 4.69) is 24.3 Å². The van der Waals surface area contributed by atoms with E-state index in [0.29, 0.717) is 11.8 Å². The van der Waals surface area contributed by atoms with Crippen LogP contribution in [0.2, 0.25) is 0 Å². The highest BCUT2D eigenvalue weighted by Crippen LogP contribution is 2.25. The van der Waals surface area contributed by atoms with E-state index in [9.17, 15) is 8.42 Å². The monoisotopic (exact) mass is 285 g/mol. The molecule has 1 N–H and O–H groups in total. The molecule has 5 nitrogen and oxygen atoms in total. The minimum atomic E-state index is -2.88. The third kappa shape index (κ3) is 3.11. The van der Waals surface area contributed by atoms with E-state index in [0.717, 1.165) is 29.9 Å². The third-order valence-corrected chi connectivity index (χ3v) is 5.45. The fourth-order valence-corrected chi connectivity index (χ4v) is 4.35. The van der Waals surface area contributed by atoms with Crippen molar-refractivity contribution in [1.82, 2.24) is 9.78 Å². The Hall–Kier alpha value is -1.04. The quantitative estimate of drug-likeness (QED) is 0.923. The summed E-state index contributed by atoms with van der Waals surface area (Å²) < 4.78 is 25.3. The zero-order valence-electron chi connectivity index (χ0n) is 12.1. The van der Waals surface area contributed by atoms with Crippen molar-refractivity contribution in [3.05, 3.63) is 11.4 Å². The maximum atomic E-state index is 11.7. The Balaban J connectivity index is 2.20. The zero-order valence-corrected chi connectivity index (χ0v) is 12.9. The van der Waals surface area contributed by atoms with E-state index in [1.807, 2.05) is 18.5 Å². The molecule has 0 saturated carbocycles. The lowest BCUT2D eigenvalue weighted by Crippen LogP contribution is -2.35. The molecule has 108 valence electrons. The van der Waals surface area contributed by atoms with E-state index in [1.54, 1.807) is 0 Å². The molecule has 0 spiro atoms. The molecule has 1 saturated heterocycles. The highest BCUT2D eigenvalue weighted by Gasteiger charge is 2.26. The van der Waals surface area contributed by atoms with Crippen LogP contribution in [0.4, 0.5) is 5.69 Å². The lowest BCUT2D eigenvalue weighted by Gasteiger charge is -2.24. The molecule has 1 atom stereocenters. The van der Waals surface area contributed by atoms with E-state index >= 15 is 0 Å². The predicted molar refractivity (Wildman–Crippen MR) is 77.4 cm³/mol. The highest BCUT2D eigenvalue weighted by atomic mass is 32.2. The molecule has 2 heterocycles. The summed E-state index contributed by atoms with van der Waals surface area (Å²) in [6.07, 6.45) is 1.65. The average Bonchev–Trinajstić information content (AvgIpc) is 2.56. The molecule has 19 heavy (non-hydrogen) atoms. The number of hydrogen-bond donors (Lipinski definition) is 1. The van der Waals surface area contributed by atoms with Gasteiger partial charge >= 0.3 is 0 Å². The minimum absolute atomic E-state index is 0.0148. The van der Waals surface area contributed by atoms with Crippen LogP contribution in [0, 0.1) is 13.8 Å². The van der Waals surface area contributed by atoms with Crippen LogP contribution >= 0.6 is 0 Å². The lowest BCUT2D eigenvalue weighted by atomic mass is 10.1. The molecular formula is C13H23N3O2S. The maximum absolute atomic E-state index is 11.7. The van der Waals surface area contributed by atoms with Crippen LogP contribution in [0.25, 0.3) is 0 Å². The summed E-state index contributed by atoms with van der Waals surface area (Å²) in [5, 5.41) is 7.90. The second kappa shape index (κ2) is 5.15. The Morgan fingerprint density at radius 1 is 1.37 bits per heavy atom. The normalized spacial score (nSPS) is 22.7. The van der Waals surface area contributed by atoms with Crippen LogP contribution in [0.5, 0.6) is 0 Å². The van der Waals surface area contributed by atoms with Gasteiger partial charge in [0, 0.05) is 12.1 Å². The van der Waals surface area contributed by atoms with E-state index < -0.39 is 9.84 Å². The van der Waals surface area contributed by atoms with Crippen LogP contribution in [0.15, 0.2) is 0 Å². The molecule has 0 aromatic carbocycles. The summed E-state index contributed by atoms with van der Waals surface area (Å²) in [5.41, 5.74) is 3.01. The largest absolute Gasteiger partial charge is 0.378 e. The third-order valence-electron chi connectivity index (χ3n) is 3.63. The summed E-state index contributed by atoms with van der Waals surface area (Å²) >= 11 is 0. The Bertz CT molecular complexity index is 561. The van der Waals surface area contributed by atoms with Gasteiger partial charge in [-0.1, -0.05) is 0 Å². The van der Waals surface area contributed by atoms with Gasteiger partial charge in [0.05, 0.1) is 28.6 Å². The Labute approximate surface area is 115 Å². The van der Waals surface area contributed by atoms with Crippen LogP contribution < -0.4 is 5.32 Å². The first-order valence-corrected chi connectivity index (χ1v) is 8.65. The number of aryl methyl sites for hydroxylation is 1. The van der Waals surface area contributed by atoms with Gasteiger partial charge in [-0.25, -0.2) is 8.42 Å². The van der Waals surface area contributed by atoms with Gasteiger partial charge in [-0.2, -0.15) is 5.10 Å². The highest BCUT2D eigenvalue weighted by molar-refractivity contribution is 7.91. The topological polar surface area (TPSA) is 64.0 Å². The van der Waals surface area contributed by atoms with Gasteiger partial charge < -0.3 is 5.32 Å². The number of nitrogens with one attached hydrogen (secondary N) is 1. The molecular weight excluding hydrogens is 262 g/mol. The average molecular weight is 285 g/mol. The standard InChI is InChI=1S/C13H23N3O2S/c1-9(2)16-11(4)13(10(3)15-16)14-12-6-5-7-19(17,18)8-12/h9,12,14H,5-8H2,1-4H3. The van der Waals surface area contributed by atoms with Crippen molar-refractivity contribution in [3.8, 4) is 0 Å². The molecule has 1 aromatic rings. The molecule has 0 amide bonds. The lowest BCUT2D eigenvalue weighted by molar-refractivity contribution is 0.516. The smallest absolute Gasteiger partial charge is 0.152 e. The molecule has 1 unspecified atom stereocenters. The Morgan fingerprint density at radius 3 is 2.58 bits per heavy atom. The first kappa shape index (κ1) is 14.4. The van der Waals surface area contributed by atoms with Crippen molar-refractivity contribution >= 4 is 15.5 Å². The van der Waals surface area contributed by atoms with Gasteiger partial charge in [-0.05, 0) is 40.5 Å². The second-order valence-corrected chi connectivity index (χ2v) is 7.91. The van der Waals surface area contributed by atoms with Crippen LogP contribution in [-0.2, 0) is 9.84 Å². The SMILES string of the molecule is Cc1nn(C(C)C)c(C)c1NC1CCCS(=O)(=O)C1. The van der Waals surface area contributed by atoms with Gasteiger partial charge in [0.1, 0.15) is 0 Å². The van der Waals surface area contributed by atoms with Crippen LogP contribution in [-0.4, -0.2) is 35.7 Å². The number of rotatable bonds is 3. The van der Waals surface area contributed by atoms with Crippen molar-refractivity contribution in [2.45, 2.75) is 52.6 Å². The molecule has 1 aromatic heterocycles. The van der Waals surface area contributed by atoms with Crippen LogP contribution in [0.1, 0.15) is 44.1 Å². The van der Waals surface area contributed by atoms with Crippen molar-refractivity contribution in [2.24, 2.45) is 0 Å². The zero-order chi connectivity index (χ0) is 14.2. The maximum Gasteiger partial charge on any atom is 0.152 e. The molecule has 0 bridgehead atoms. The summed E-state index contributed by atoms with van der Waals surface area (Å²) in [5.74, 6) is 0.563. The molecule has 1 fully saturated rings. The van der Waals surface area contributed by atoms with Crippen molar-refractivity contribution in [3.63, 3.8) is 0 Å². The molecule has 0 aliphatic carbocycles. The van der Waals surface area contributed by atoms with Crippen molar-refractivity contribution < 1.29 is 8.42 Å². The van der Waals surface area contributed by atoms with Crippen molar-refractivity contribution in [1.29, 1.82) is 0 Å². The number of sulfone groups is 1. The van der Waals surface area contributed by atoms with E-state index in [4.69, 9.17) is 0 Å². The number of anilines is 1. The van der Waals surface area contributed by atoms with Gasteiger partial charge in [0.15, 0.2) is 9.84 Å². The van der Waals surface area contributed by atoms with Crippen molar-refractivity contribution in [2.75, 3.05) is 16.8 Å². The first-order chi connectivity index (χ1) is 8.80. The van der Waals surface area contributed by atoms with Crippen LogP contribution in [0.3, 0.4) is 0 Å². The van der Waals surface area contributed by atoms with Gasteiger partial charge in [0.25, 0.3) is 0 Å². The Morgan fingerprint density at radius 2 is 2.05 bits per heavy atom. The number of hydrogen-bond acceptors (Lipinski definition) is 4. The van der Waals surface area contributed by atoms with E-state index in [-0.39, 0.29) is 11.8 Å². The molecule has 6 heteroatoms. The van der Waals surface area contributed by atoms with Gasteiger partial charge in [-0.15, -0.1) is 0 Å². The summed E-state index contributed by atoms with van der Waals surface area (Å²) in [7, 11) is -2.88. The fraction of sp³-hybridized carbons (Fsp3) is 0.769. The number of nitrogens with zero attached hydrogens (tertiary/aromatic N) is 2. The van der Waals surface area contributed by atoms with E-state index in [1.165, 1.54) is 0 Å². The van der Waals surface area contributed by atoms with Gasteiger partial charge in [-0.3, -0.25) is 4.68 Å². The summed E-state index contributed by atoms with van der Waals surface area (Å²) in [4.78, 5) is 0. The van der Waals surface area contributed by atoms with Gasteiger partial charge in [0.2, 0.25) is 0 Å². The summed E-state index contributed by atoms with van der Waals surface area (Å²) in [6.45, 7) is 8.17. The summed E-state index contributed by atoms with van der Waals surface area (Å²) in [6, 6.07) is 0.324. The molecule has 2 rings (SSSR count).